The molecule has 6 nitrogen and oxygen atoms in total. The molecule has 0 saturated carbocycles. The maximum absolute atomic E-state index is 9.69. The van der Waals surface area contributed by atoms with Crippen molar-refractivity contribution in [1.29, 1.82) is 0 Å². The van der Waals surface area contributed by atoms with Crippen LogP contribution in [-0.4, -0.2) is 25.4 Å². The zero-order valence-electron chi connectivity index (χ0n) is 12.5. The van der Waals surface area contributed by atoms with Crippen molar-refractivity contribution < 1.29 is 14.9 Å². The fraction of sp³-hybridized carbons (Fsp3) is 0.0556. The highest BCUT2D eigenvalue weighted by Gasteiger charge is 2.27. The van der Waals surface area contributed by atoms with Crippen molar-refractivity contribution in [2.24, 2.45) is 0 Å². The summed E-state index contributed by atoms with van der Waals surface area (Å²) in [6.07, 6.45) is 4.42. The molecule has 2 aromatic carbocycles. The summed E-state index contributed by atoms with van der Waals surface area (Å²) in [5, 5.41) is 27.1. The number of fused-ring (bicyclic) bond motifs is 1. The molecule has 0 saturated heterocycles. The lowest BCUT2D eigenvalue weighted by Crippen LogP contribution is -2.16. The van der Waals surface area contributed by atoms with Crippen LogP contribution in [0.15, 0.2) is 55.0 Å². The summed E-state index contributed by atoms with van der Waals surface area (Å²) in [5.41, 5.74) is 3.17. The summed E-state index contributed by atoms with van der Waals surface area (Å²) >= 11 is 0. The molecule has 2 N–H and O–H groups in total. The molecule has 1 unspecified atom stereocenters. The molecule has 1 aliphatic rings. The number of rotatable bonds is 2. The Bertz CT molecular complexity index is 909. The molecule has 1 aromatic heterocycles. The van der Waals surface area contributed by atoms with Crippen molar-refractivity contribution in [2.75, 3.05) is 0 Å². The number of ether oxygens (including phenoxy) is 1. The molecule has 0 spiro atoms. The minimum atomic E-state index is -0.509. The summed E-state index contributed by atoms with van der Waals surface area (Å²) in [7, 11) is 0. The van der Waals surface area contributed by atoms with Gasteiger partial charge in [0.1, 0.15) is 29.3 Å². The Kier molecular flexibility index (Phi) is 3.35. The van der Waals surface area contributed by atoms with Crippen LogP contribution in [0, 0.1) is 0 Å². The van der Waals surface area contributed by atoms with Crippen molar-refractivity contribution in [1.82, 2.24) is 15.2 Å². The molecule has 2 heterocycles. The van der Waals surface area contributed by atoms with E-state index >= 15 is 0 Å². The topological polar surface area (TPSA) is 88.4 Å². The minimum absolute atomic E-state index is 0.131. The molecule has 0 radical (unpaired) electrons. The second-order valence-corrected chi connectivity index (χ2v) is 5.40. The van der Waals surface area contributed by atoms with Crippen LogP contribution in [0.3, 0.4) is 0 Å². The summed E-state index contributed by atoms with van der Waals surface area (Å²) < 4.78 is 6.06. The fourth-order valence-electron chi connectivity index (χ4n) is 2.66. The van der Waals surface area contributed by atoms with E-state index in [2.05, 4.69) is 15.2 Å². The molecule has 1 atom stereocenters. The Morgan fingerprint density at radius 2 is 1.75 bits per heavy atom. The van der Waals surface area contributed by atoms with Crippen LogP contribution in [0.2, 0.25) is 0 Å². The van der Waals surface area contributed by atoms with Gasteiger partial charge in [-0.3, -0.25) is 0 Å². The van der Waals surface area contributed by atoms with Gasteiger partial charge in [-0.1, -0.05) is 12.1 Å². The molecule has 0 fully saturated rings. The number of nitrogens with zero attached hydrogens (tertiary/aromatic N) is 3. The first-order valence-electron chi connectivity index (χ1n) is 7.34. The predicted octanol–water partition coefficient (Wildman–Crippen LogP) is 2.96. The van der Waals surface area contributed by atoms with Gasteiger partial charge in [-0.05, 0) is 35.9 Å². The van der Waals surface area contributed by atoms with E-state index in [1.807, 2.05) is 18.2 Å². The van der Waals surface area contributed by atoms with Gasteiger partial charge in [0.05, 0.1) is 6.20 Å². The standard InChI is InChI=1S/C18H13N3O3/c22-13-4-1-11(2-5-13)15-7-12-3-6-14(23)8-17(12)24-18(15)16-9-19-10-20-21-16/h1-10,18,22-23H. The third-order valence-corrected chi connectivity index (χ3v) is 3.80. The van der Waals surface area contributed by atoms with E-state index in [9.17, 15) is 10.2 Å². The molecule has 1 aliphatic heterocycles. The molecule has 24 heavy (non-hydrogen) atoms. The van der Waals surface area contributed by atoms with E-state index in [0.717, 1.165) is 16.7 Å². The van der Waals surface area contributed by atoms with Crippen molar-refractivity contribution in [3.63, 3.8) is 0 Å². The minimum Gasteiger partial charge on any atom is -0.508 e. The molecule has 3 aromatic rings. The number of phenolic OH excluding ortho intramolecular Hbond substituents is 2. The number of benzene rings is 2. The molecular formula is C18H13N3O3. The van der Waals surface area contributed by atoms with E-state index in [1.165, 1.54) is 6.33 Å². The van der Waals surface area contributed by atoms with Crippen LogP contribution in [0.1, 0.15) is 22.9 Å². The smallest absolute Gasteiger partial charge is 0.170 e. The largest absolute Gasteiger partial charge is 0.508 e. The van der Waals surface area contributed by atoms with Gasteiger partial charge in [0.25, 0.3) is 0 Å². The molecule has 0 amide bonds. The molecule has 6 heteroatoms. The monoisotopic (exact) mass is 319 g/mol. The third kappa shape index (κ3) is 2.54. The van der Waals surface area contributed by atoms with E-state index in [4.69, 9.17) is 4.74 Å². The number of phenols is 2. The average molecular weight is 319 g/mol. The highest BCUT2D eigenvalue weighted by atomic mass is 16.5. The number of aromatic nitrogens is 3. The van der Waals surface area contributed by atoms with Crippen LogP contribution in [-0.2, 0) is 0 Å². The second kappa shape index (κ2) is 5.66. The molecular weight excluding hydrogens is 306 g/mol. The lowest BCUT2D eigenvalue weighted by atomic mass is 9.93. The first-order valence-corrected chi connectivity index (χ1v) is 7.34. The Balaban J connectivity index is 1.87. The van der Waals surface area contributed by atoms with E-state index in [0.29, 0.717) is 11.4 Å². The highest BCUT2D eigenvalue weighted by molar-refractivity contribution is 5.88. The molecule has 0 aliphatic carbocycles. The molecule has 0 bridgehead atoms. The van der Waals surface area contributed by atoms with Gasteiger partial charge < -0.3 is 14.9 Å². The predicted molar refractivity (Wildman–Crippen MR) is 87.3 cm³/mol. The van der Waals surface area contributed by atoms with E-state index in [-0.39, 0.29) is 11.5 Å². The lowest BCUT2D eigenvalue weighted by Gasteiger charge is -2.27. The summed E-state index contributed by atoms with van der Waals surface area (Å²) in [5.74, 6) is 0.888. The molecule has 4 rings (SSSR count). The second-order valence-electron chi connectivity index (χ2n) is 5.40. The lowest BCUT2D eigenvalue weighted by molar-refractivity contribution is 0.253. The van der Waals surface area contributed by atoms with Gasteiger partial charge in [-0.2, -0.15) is 0 Å². The maximum Gasteiger partial charge on any atom is 0.170 e. The van der Waals surface area contributed by atoms with Crippen LogP contribution in [0.25, 0.3) is 11.6 Å². The van der Waals surface area contributed by atoms with Crippen molar-refractivity contribution in [2.45, 2.75) is 6.10 Å². The van der Waals surface area contributed by atoms with Gasteiger partial charge in [-0.15, -0.1) is 10.2 Å². The normalized spacial score (nSPS) is 16.0. The van der Waals surface area contributed by atoms with Gasteiger partial charge in [-0.25, -0.2) is 4.98 Å². The Labute approximate surface area is 137 Å². The zero-order valence-corrected chi connectivity index (χ0v) is 12.5. The van der Waals surface area contributed by atoms with Crippen molar-refractivity contribution in [3.05, 3.63) is 71.8 Å². The number of hydrogen-bond donors (Lipinski definition) is 2. The number of aromatic hydroxyl groups is 2. The van der Waals surface area contributed by atoms with Gasteiger partial charge in [0, 0.05) is 17.2 Å². The SMILES string of the molecule is Oc1ccc(C2=Cc3ccc(O)cc3OC2c2cncnn2)cc1. The van der Waals surface area contributed by atoms with Crippen molar-refractivity contribution in [3.8, 4) is 17.2 Å². The van der Waals surface area contributed by atoms with Crippen LogP contribution in [0.5, 0.6) is 17.2 Å². The zero-order chi connectivity index (χ0) is 16.5. The van der Waals surface area contributed by atoms with Crippen molar-refractivity contribution >= 4 is 11.6 Å². The fourth-order valence-corrected chi connectivity index (χ4v) is 2.66. The van der Waals surface area contributed by atoms with E-state index < -0.39 is 6.10 Å². The highest BCUT2D eigenvalue weighted by Crippen LogP contribution is 2.42. The quantitative estimate of drug-likeness (QED) is 0.755. The number of hydrogen-bond acceptors (Lipinski definition) is 6. The van der Waals surface area contributed by atoms with Crippen LogP contribution in [0.4, 0.5) is 0 Å². The maximum atomic E-state index is 9.69. The van der Waals surface area contributed by atoms with Gasteiger partial charge >= 0.3 is 0 Å². The van der Waals surface area contributed by atoms with E-state index in [1.54, 1.807) is 36.5 Å². The summed E-state index contributed by atoms with van der Waals surface area (Å²) in [4.78, 5) is 4.01. The van der Waals surface area contributed by atoms with Crippen LogP contribution < -0.4 is 4.74 Å². The first-order chi connectivity index (χ1) is 11.7. The third-order valence-electron chi connectivity index (χ3n) is 3.80. The Morgan fingerprint density at radius 3 is 2.50 bits per heavy atom. The van der Waals surface area contributed by atoms with Gasteiger partial charge in [0.2, 0.25) is 0 Å². The summed E-state index contributed by atoms with van der Waals surface area (Å²) in [6.45, 7) is 0. The Hall–Kier alpha value is -3.41. The first kappa shape index (κ1) is 14.2. The van der Waals surface area contributed by atoms with Crippen LogP contribution >= 0.6 is 0 Å². The Morgan fingerprint density at radius 1 is 0.958 bits per heavy atom. The van der Waals surface area contributed by atoms with Gasteiger partial charge in [0.15, 0.2) is 6.10 Å². The average Bonchev–Trinajstić information content (AvgIpc) is 2.62. The molecule has 118 valence electrons. The summed E-state index contributed by atoms with van der Waals surface area (Å²) in [6, 6.07) is 11.8.